The van der Waals surface area contributed by atoms with Crippen LogP contribution in [0.1, 0.15) is 116 Å². The molecule has 1 N–H and O–H groups in total. The maximum absolute atomic E-state index is 13.9. The minimum atomic E-state index is -1.73. The second-order valence-electron chi connectivity index (χ2n) is 23.1. The quantitative estimate of drug-likeness (QED) is 0.0191. The second kappa shape index (κ2) is 30.9. The highest BCUT2D eigenvalue weighted by Crippen LogP contribution is 2.51. The Hall–Kier alpha value is -8.93. The Kier molecular flexibility index (Phi) is 22.2. The molecule has 1 aliphatic carbocycles. The van der Waals surface area contributed by atoms with Crippen molar-refractivity contribution in [3.63, 3.8) is 0 Å². The van der Waals surface area contributed by atoms with Gasteiger partial charge in [0.15, 0.2) is 22.8 Å². The van der Waals surface area contributed by atoms with Crippen LogP contribution in [0.15, 0.2) is 164 Å². The van der Waals surface area contributed by atoms with Crippen molar-refractivity contribution >= 4 is 49.3 Å². The molecular formula is C71H77N8O12P. The van der Waals surface area contributed by atoms with Crippen molar-refractivity contribution in [3.05, 3.63) is 203 Å². The molecule has 6 aromatic carbocycles. The summed E-state index contributed by atoms with van der Waals surface area (Å²) in [5, 5.41) is 12.5. The van der Waals surface area contributed by atoms with Crippen molar-refractivity contribution in [2.45, 2.75) is 108 Å². The topological polar surface area (TPSA) is 228 Å². The molecule has 0 spiro atoms. The van der Waals surface area contributed by atoms with E-state index in [4.69, 9.17) is 42.5 Å². The van der Waals surface area contributed by atoms with Gasteiger partial charge in [0.2, 0.25) is 0 Å². The Labute approximate surface area is 537 Å². The van der Waals surface area contributed by atoms with Crippen LogP contribution in [0.4, 0.5) is 10.6 Å². The molecule has 3 heterocycles. The number of ketones is 1. The summed E-state index contributed by atoms with van der Waals surface area (Å²) in [6.45, 7) is 8.63. The average Bonchev–Trinajstić information content (AvgIpc) is 1.05. The van der Waals surface area contributed by atoms with Gasteiger partial charge in [-0.15, -0.1) is 0 Å². The van der Waals surface area contributed by atoms with Gasteiger partial charge >= 0.3 is 12.1 Å². The lowest BCUT2D eigenvalue weighted by molar-refractivity contribution is -0.148. The van der Waals surface area contributed by atoms with E-state index in [0.29, 0.717) is 47.5 Å². The molecule has 20 nitrogen and oxygen atoms in total. The van der Waals surface area contributed by atoms with E-state index in [2.05, 4.69) is 78.0 Å². The van der Waals surface area contributed by atoms with E-state index >= 15 is 0 Å². The summed E-state index contributed by atoms with van der Waals surface area (Å²) in [4.78, 5) is 67.5. The predicted molar refractivity (Wildman–Crippen MR) is 348 cm³/mol. The summed E-state index contributed by atoms with van der Waals surface area (Å²) >= 11 is 0. The molecule has 2 amide bonds. The lowest BCUT2D eigenvalue weighted by Crippen LogP contribution is -2.39. The number of nitrogens with zero attached hydrogens (tertiary/aromatic N) is 7. The zero-order valence-electron chi connectivity index (χ0n) is 52.8. The van der Waals surface area contributed by atoms with Gasteiger partial charge < -0.3 is 47.7 Å². The molecule has 92 heavy (non-hydrogen) atoms. The first-order valence-electron chi connectivity index (χ1n) is 30.9. The predicted octanol–water partition coefficient (Wildman–Crippen LogP) is 12.8. The zero-order chi connectivity index (χ0) is 64.7. The van der Waals surface area contributed by atoms with Gasteiger partial charge in [0, 0.05) is 56.4 Å². The number of nitrogens with one attached hydrogen (secondary N) is 1. The van der Waals surface area contributed by atoms with E-state index in [-0.39, 0.29) is 81.8 Å². The smallest absolute Gasteiger partial charge is 0.409 e. The highest BCUT2D eigenvalue weighted by Gasteiger charge is 2.45. The molecule has 0 bridgehead atoms. The summed E-state index contributed by atoms with van der Waals surface area (Å²) < 4.78 is 54.2. The van der Waals surface area contributed by atoms with Crippen LogP contribution in [0, 0.1) is 11.3 Å². The third kappa shape index (κ3) is 15.3. The highest BCUT2D eigenvalue weighted by molar-refractivity contribution is 7.44. The van der Waals surface area contributed by atoms with Crippen molar-refractivity contribution in [2.75, 3.05) is 59.6 Å². The Bertz CT molecular complexity index is 3740. The SMILES string of the molecule is COc1ccc(C(OC[C@H]2O[C@@H](n3cnc4c(NC(=O)c5ccc(CCC(=O)COC(=O)CCCN(C)C(=O)OCC6c7ccccc7-c7ccccc76)cc5)ncnc43)CC2OP(OCCC#N)N(C(C)C)C(C)C)(c2ccccc2)c2ccc(OC)cc2)cc1. The number of ether oxygens (including phenoxy) is 6. The lowest BCUT2D eigenvalue weighted by Gasteiger charge is -2.39. The number of fused-ring (bicyclic) bond motifs is 4. The highest BCUT2D eigenvalue weighted by atomic mass is 31.2. The van der Waals surface area contributed by atoms with Gasteiger partial charge in [0.25, 0.3) is 14.4 Å². The van der Waals surface area contributed by atoms with Crippen LogP contribution in [-0.4, -0.2) is 131 Å². The molecule has 478 valence electrons. The second-order valence-corrected chi connectivity index (χ2v) is 24.5. The number of hydrogen-bond acceptors (Lipinski definition) is 17. The summed E-state index contributed by atoms with van der Waals surface area (Å²) in [6.07, 6.45) is 1.79. The van der Waals surface area contributed by atoms with Crippen molar-refractivity contribution in [2.24, 2.45) is 0 Å². The number of hydrogen-bond donors (Lipinski definition) is 1. The van der Waals surface area contributed by atoms with Crippen molar-refractivity contribution in [1.82, 2.24) is 29.1 Å². The van der Waals surface area contributed by atoms with Crippen LogP contribution < -0.4 is 14.8 Å². The van der Waals surface area contributed by atoms with Crippen molar-refractivity contribution < 1.29 is 56.6 Å². The van der Waals surface area contributed by atoms with Crippen LogP contribution >= 0.6 is 8.53 Å². The third-order valence-electron chi connectivity index (χ3n) is 16.4. The largest absolute Gasteiger partial charge is 0.497 e. The molecule has 1 saturated heterocycles. The van der Waals surface area contributed by atoms with Gasteiger partial charge in [-0.2, -0.15) is 5.26 Å². The number of methoxy groups -OCH3 is 2. The van der Waals surface area contributed by atoms with E-state index in [9.17, 15) is 24.4 Å². The molecule has 2 aliphatic rings. The van der Waals surface area contributed by atoms with Crippen LogP contribution in [-0.2, 0) is 49.6 Å². The molecule has 0 saturated carbocycles. The van der Waals surface area contributed by atoms with Gasteiger partial charge in [-0.25, -0.2) is 24.4 Å². The fraction of sp³-hybridized carbons (Fsp3) is 0.352. The van der Waals surface area contributed by atoms with Crippen LogP contribution in [0.25, 0.3) is 22.3 Å². The fourth-order valence-corrected chi connectivity index (χ4v) is 13.6. The number of amides is 2. The van der Waals surface area contributed by atoms with E-state index in [1.807, 2.05) is 103 Å². The van der Waals surface area contributed by atoms with E-state index < -0.39 is 50.5 Å². The van der Waals surface area contributed by atoms with Crippen LogP contribution in [0.2, 0.25) is 0 Å². The molecule has 0 radical (unpaired) electrons. The monoisotopic (exact) mass is 1260 g/mol. The molecule has 1 fully saturated rings. The Balaban J connectivity index is 0.769. The Morgan fingerprint density at radius 2 is 1.37 bits per heavy atom. The summed E-state index contributed by atoms with van der Waals surface area (Å²) in [6, 6.07) is 51.0. The molecule has 10 rings (SSSR count). The normalized spacial score (nSPS) is 15.6. The number of esters is 1. The maximum Gasteiger partial charge on any atom is 0.409 e. The van der Waals surface area contributed by atoms with Crippen molar-refractivity contribution in [3.8, 4) is 28.7 Å². The standard InChI is InChI=1S/C71H77N8O12P/c1-47(2)79(48(3)4)92(89-40-16-38-72)91-62-41-64(90-63(62)44-88-71(51-17-9-8-10-18-51,52-29-34-55(84-6)35-30-52)53-31-36-56(85-7)37-32-53)78-46-75-66-67(73-45-74-68(66)78)76-69(82)50-27-24-49(25-28-50)26-33-54(80)42-86-65(81)23-15-39-77(5)70(83)87-43-61-59-21-13-11-19-57(59)58-20-12-14-22-60(58)61/h8-14,17-22,24-25,27-32,34-37,45-48,61-64H,15-16,23,26,33,39-44H2,1-7H3,(H,73,74,76,82)/t62?,63-,64-,92?/m1/s1. The van der Waals surface area contributed by atoms with Crippen LogP contribution in [0.3, 0.4) is 0 Å². The van der Waals surface area contributed by atoms with Crippen LogP contribution in [0.5, 0.6) is 11.5 Å². The summed E-state index contributed by atoms with van der Waals surface area (Å²) in [5.74, 6) is 0.257. The van der Waals surface area contributed by atoms with Gasteiger partial charge in [-0.05, 0) is 121 Å². The Morgan fingerprint density at radius 3 is 1.99 bits per heavy atom. The number of carbonyl (C=O) groups is 4. The molecular weight excluding hydrogens is 1190 g/mol. The van der Waals surface area contributed by atoms with Gasteiger partial charge in [0.1, 0.15) is 49.0 Å². The summed E-state index contributed by atoms with van der Waals surface area (Å²) in [7, 11) is 3.15. The van der Waals surface area contributed by atoms with Crippen molar-refractivity contribution in [1.29, 1.82) is 5.26 Å². The first-order valence-corrected chi connectivity index (χ1v) is 32.0. The molecule has 8 aromatic rings. The number of Topliss-reactive ketones (excluding diaryl/α,β-unsaturated/α-hetero) is 1. The molecule has 1 aliphatic heterocycles. The molecule has 2 unspecified atom stereocenters. The zero-order valence-corrected chi connectivity index (χ0v) is 53.7. The van der Waals surface area contributed by atoms with Gasteiger partial charge in [-0.1, -0.05) is 115 Å². The minimum absolute atomic E-state index is 0.0256. The van der Waals surface area contributed by atoms with Gasteiger partial charge in [-0.3, -0.25) is 19.0 Å². The number of aryl methyl sites for hydroxylation is 1. The molecule has 2 aromatic heterocycles. The number of benzene rings is 6. The fourth-order valence-electron chi connectivity index (χ4n) is 11.8. The minimum Gasteiger partial charge on any atom is -0.497 e. The number of aromatic nitrogens is 4. The van der Waals surface area contributed by atoms with Gasteiger partial charge in [0.05, 0.1) is 52.4 Å². The maximum atomic E-state index is 13.9. The average molecular weight is 1270 g/mol. The summed E-state index contributed by atoms with van der Waals surface area (Å²) in [5.41, 5.74) is 7.77. The number of imidazole rings is 1. The first kappa shape index (κ1) is 66.0. The third-order valence-corrected chi connectivity index (χ3v) is 18.6. The van der Waals surface area contributed by atoms with E-state index in [0.717, 1.165) is 44.5 Å². The lowest BCUT2D eigenvalue weighted by atomic mass is 9.80. The Morgan fingerprint density at radius 1 is 0.750 bits per heavy atom. The molecule has 4 atom stereocenters. The first-order chi connectivity index (χ1) is 44.7. The number of anilines is 1. The number of rotatable bonds is 30. The van der Waals surface area contributed by atoms with E-state index in [1.54, 1.807) is 56.4 Å². The number of carbonyl (C=O) groups excluding carboxylic acids is 4. The number of nitriles is 1. The van der Waals surface area contributed by atoms with E-state index in [1.165, 1.54) is 11.2 Å². The molecule has 21 heteroatoms.